The van der Waals surface area contributed by atoms with Crippen molar-refractivity contribution in [2.75, 3.05) is 6.61 Å². The highest BCUT2D eigenvalue weighted by Gasteiger charge is 1.96. The van der Waals surface area contributed by atoms with Crippen molar-refractivity contribution in [3.05, 3.63) is 12.2 Å². The van der Waals surface area contributed by atoms with Gasteiger partial charge in [0.05, 0.1) is 6.61 Å². The fourth-order valence-corrected chi connectivity index (χ4v) is 2.12. The average Bonchev–Trinajstić information content (AvgIpc) is 2.40. The molecule has 0 saturated carbocycles. The van der Waals surface area contributed by atoms with E-state index in [0.29, 0.717) is 6.61 Å². The Balaban J connectivity index is 3.05. The third-order valence-electron chi connectivity index (χ3n) is 3.29. The molecule has 0 radical (unpaired) electrons. The topological polar surface area (TPSA) is 26.3 Å². The number of carbonyl (C=O) groups excluding carboxylic acids is 1. The summed E-state index contributed by atoms with van der Waals surface area (Å²) in [4.78, 5) is 11.0. The summed E-state index contributed by atoms with van der Waals surface area (Å²) in [5.74, 6) is -0.213. The van der Waals surface area contributed by atoms with Crippen LogP contribution in [0.3, 0.4) is 0 Å². The second kappa shape index (κ2) is 15.3. The van der Waals surface area contributed by atoms with Gasteiger partial charge in [0.25, 0.3) is 0 Å². The largest absolute Gasteiger partial charge is 0.463 e. The van der Waals surface area contributed by atoms with Gasteiger partial charge in [-0.25, -0.2) is 4.79 Å². The minimum Gasteiger partial charge on any atom is -0.463 e. The van der Waals surface area contributed by atoms with E-state index in [9.17, 15) is 4.79 Å². The third-order valence-corrected chi connectivity index (χ3v) is 3.29. The van der Waals surface area contributed by atoms with Crippen LogP contribution >= 0.6 is 0 Å². The Bertz CT molecular complexity index is 221. The molecule has 0 aliphatic heterocycles. The predicted octanol–water partition coefficient (Wildman–Crippen LogP) is 5.42. The molecule has 0 aromatic heterocycles. The molecule has 0 fully saturated rings. The van der Waals surface area contributed by atoms with Crippen molar-refractivity contribution in [1.82, 2.24) is 0 Å². The van der Waals surface area contributed by atoms with Crippen LogP contribution in [0.15, 0.2) is 12.2 Å². The molecule has 0 heterocycles. The van der Waals surface area contributed by atoms with Crippen LogP contribution in [0.4, 0.5) is 0 Å². The van der Waals surface area contributed by atoms with Crippen LogP contribution < -0.4 is 0 Å². The third kappa shape index (κ3) is 15.2. The summed E-state index contributed by atoms with van der Waals surface area (Å²) < 4.78 is 5.04. The monoisotopic (exact) mass is 268 g/mol. The average molecular weight is 268 g/mol. The summed E-state index contributed by atoms with van der Waals surface area (Å²) in [7, 11) is 0. The van der Waals surface area contributed by atoms with Crippen molar-refractivity contribution >= 4 is 5.97 Å². The molecule has 0 aliphatic rings. The van der Waals surface area contributed by atoms with Crippen LogP contribution in [0.5, 0.6) is 0 Å². The zero-order valence-electron chi connectivity index (χ0n) is 13.0. The van der Waals surface area contributed by atoms with Crippen LogP contribution in [0.1, 0.15) is 84.5 Å². The number of esters is 1. The van der Waals surface area contributed by atoms with Gasteiger partial charge in [-0.15, -0.1) is 0 Å². The van der Waals surface area contributed by atoms with Gasteiger partial charge in [0.2, 0.25) is 0 Å². The molecule has 0 bridgehead atoms. The van der Waals surface area contributed by atoms with Gasteiger partial charge in [0.1, 0.15) is 0 Å². The normalized spacial score (nSPS) is 11.1. The molecule has 0 atom stereocenters. The molecule has 0 unspecified atom stereocenters. The van der Waals surface area contributed by atoms with Crippen LogP contribution in [0.2, 0.25) is 0 Å². The fourth-order valence-electron chi connectivity index (χ4n) is 2.12. The summed E-state index contributed by atoms with van der Waals surface area (Å²) in [6, 6.07) is 0. The zero-order chi connectivity index (χ0) is 14.2. The highest BCUT2D eigenvalue weighted by Crippen LogP contribution is 2.11. The molecule has 0 rings (SSSR count). The first-order chi connectivity index (χ1) is 9.31. The lowest BCUT2D eigenvalue weighted by Crippen LogP contribution is -2.01. The van der Waals surface area contributed by atoms with E-state index >= 15 is 0 Å². The fraction of sp³-hybridized carbons (Fsp3) is 0.824. The van der Waals surface area contributed by atoms with E-state index in [1.165, 1.54) is 70.3 Å². The first kappa shape index (κ1) is 18.2. The van der Waals surface area contributed by atoms with Crippen molar-refractivity contribution in [3.63, 3.8) is 0 Å². The summed E-state index contributed by atoms with van der Waals surface area (Å²) >= 11 is 0. The minimum absolute atomic E-state index is 0.213. The molecule has 19 heavy (non-hydrogen) atoms. The number of allylic oxidation sites excluding steroid dienone is 1. The maximum atomic E-state index is 11.0. The summed E-state index contributed by atoms with van der Waals surface area (Å²) in [6.07, 6.45) is 17.7. The predicted molar refractivity (Wildman–Crippen MR) is 82.2 cm³/mol. The first-order valence-electron chi connectivity index (χ1n) is 8.10. The number of unbranched alkanes of at least 4 members (excludes halogenated alkanes) is 10. The Morgan fingerprint density at radius 1 is 0.842 bits per heavy atom. The highest BCUT2D eigenvalue weighted by atomic mass is 16.5. The molecule has 2 nitrogen and oxygen atoms in total. The molecule has 0 aliphatic carbocycles. The molecule has 0 amide bonds. The molecule has 0 spiro atoms. The second-order valence-electron chi connectivity index (χ2n) is 5.20. The molecule has 0 aromatic carbocycles. The molecule has 112 valence electrons. The van der Waals surface area contributed by atoms with E-state index in [1.54, 1.807) is 6.08 Å². The van der Waals surface area contributed by atoms with Crippen molar-refractivity contribution in [1.29, 1.82) is 0 Å². The van der Waals surface area contributed by atoms with Gasteiger partial charge in [0.15, 0.2) is 0 Å². The molecule has 0 N–H and O–H groups in total. The van der Waals surface area contributed by atoms with Crippen LogP contribution in [-0.2, 0) is 9.53 Å². The van der Waals surface area contributed by atoms with E-state index in [1.807, 2.05) is 6.92 Å². The Hall–Kier alpha value is -0.790. The van der Waals surface area contributed by atoms with E-state index in [0.717, 1.165) is 6.42 Å². The van der Waals surface area contributed by atoms with Crippen molar-refractivity contribution in [2.24, 2.45) is 0 Å². The quantitative estimate of drug-likeness (QED) is 0.253. The van der Waals surface area contributed by atoms with Crippen LogP contribution in [-0.4, -0.2) is 12.6 Å². The van der Waals surface area contributed by atoms with E-state index in [-0.39, 0.29) is 5.97 Å². The lowest BCUT2D eigenvalue weighted by atomic mass is 10.1. The molecule has 0 saturated heterocycles. The van der Waals surface area contributed by atoms with Gasteiger partial charge in [-0.05, 0) is 13.3 Å². The Morgan fingerprint density at radius 3 is 1.79 bits per heavy atom. The van der Waals surface area contributed by atoms with Gasteiger partial charge in [-0.2, -0.15) is 0 Å². The maximum absolute atomic E-state index is 11.0. The molecule has 2 heteroatoms. The van der Waals surface area contributed by atoms with Gasteiger partial charge in [0, 0.05) is 6.08 Å². The Labute approximate surface area is 119 Å². The standard InChI is InChI=1S/C17H32O2/c1-3-5-6-7-8-9-10-11-12-13-14-16-19-17(18)15-4-2/h4,15H,3,5-14,16H2,1-2H3. The summed E-state index contributed by atoms with van der Waals surface area (Å²) in [5, 5.41) is 0. The van der Waals surface area contributed by atoms with Crippen LogP contribution in [0, 0.1) is 0 Å². The molecule has 0 aromatic rings. The van der Waals surface area contributed by atoms with Gasteiger partial charge in [-0.1, -0.05) is 77.2 Å². The maximum Gasteiger partial charge on any atom is 0.330 e. The minimum atomic E-state index is -0.213. The van der Waals surface area contributed by atoms with Crippen molar-refractivity contribution in [3.8, 4) is 0 Å². The van der Waals surface area contributed by atoms with E-state index in [2.05, 4.69) is 6.92 Å². The number of hydrogen-bond donors (Lipinski definition) is 0. The lowest BCUT2D eigenvalue weighted by Gasteiger charge is -2.03. The van der Waals surface area contributed by atoms with Gasteiger partial charge >= 0.3 is 5.97 Å². The van der Waals surface area contributed by atoms with E-state index < -0.39 is 0 Å². The van der Waals surface area contributed by atoms with Crippen molar-refractivity contribution in [2.45, 2.75) is 84.5 Å². The second-order valence-corrected chi connectivity index (χ2v) is 5.20. The summed E-state index contributed by atoms with van der Waals surface area (Å²) in [5.41, 5.74) is 0. The first-order valence-corrected chi connectivity index (χ1v) is 8.10. The number of hydrogen-bond acceptors (Lipinski definition) is 2. The number of carbonyl (C=O) groups is 1. The lowest BCUT2D eigenvalue weighted by molar-refractivity contribution is -0.137. The van der Waals surface area contributed by atoms with Crippen molar-refractivity contribution < 1.29 is 9.53 Å². The SMILES string of the molecule is CC=CC(=O)OCCCCCCCCCCCCC. The van der Waals surface area contributed by atoms with Gasteiger partial charge < -0.3 is 4.74 Å². The molecular weight excluding hydrogens is 236 g/mol. The Kier molecular flexibility index (Phi) is 14.6. The summed E-state index contributed by atoms with van der Waals surface area (Å²) in [6.45, 7) is 4.65. The number of rotatable bonds is 13. The smallest absolute Gasteiger partial charge is 0.330 e. The zero-order valence-corrected chi connectivity index (χ0v) is 13.0. The van der Waals surface area contributed by atoms with Gasteiger partial charge in [-0.3, -0.25) is 0 Å². The number of ether oxygens (including phenoxy) is 1. The van der Waals surface area contributed by atoms with E-state index in [4.69, 9.17) is 4.74 Å². The van der Waals surface area contributed by atoms with Crippen LogP contribution in [0.25, 0.3) is 0 Å². The highest BCUT2D eigenvalue weighted by molar-refractivity contribution is 5.81. The molecular formula is C17H32O2. The Morgan fingerprint density at radius 2 is 1.32 bits per heavy atom.